The predicted molar refractivity (Wildman–Crippen MR) is 73.8 cm³/mol. The molecule has 3 saturated heterocycles. The molecule has 3 rings (SSSR count). The molecule has 3 heterocycles. The Morgan fingerprint density at radius 1 is 1.28 bits per heavy atom. The van der Waals surface area contributed by atoms with Gasteiger partial charge in [0.25, 0.3) is 0 Å². The molecule has 3 fully saturated rings. The summed E-state index contributed by atoms with van der Waals surface area (Å²) in [6.07, 6.45) is 6.58. The molecule has 0 aromatic heterocycles. The van der Waals surface area contributed by atoms with E-state index in [9.17, 15) is 0 Å². The van der Waals surface area contributed by atoms with E-state index in [0.29, 0.717) is 0 Å². The smallest absolute Gasteiger partial charge is 0.0781 e. The molecule has 0 radical (unpaired) electrons. The highest BCUT2D eigenvalue weighted by atomic mass is 16.5. The number of nitrogens with zero attached hydrogens (tertiary/aromatic N) is 2. The molecule has 104 valence electrons. The van der Waals surface area contributed by atoms with Gasteiger partial charge in [0.2, 0.25) is 0 Å². The van der Waals surface area contributed by atoms with E-state index in [1.165, 1.54) is 51.7 Å². The van der Waals surface area contributed by atoms with Crippen molar-refractivity contribution in [3.8, 4) is 0 Å². The van der Waals surface area contributed by atoms with Gasteiger partial charge in [-0.25, -0.2) is 0 Å². The van der Waals surface area contributed by atoms with Gasteiger partial charge in [-0.3, -0.25) is 9.80 Å². The zero-order valence-electron chi connectivity index (χ0n) is 12.0. The van der Waals surface area contributed by atoms with Crippen LogP contribution in [0, 0.1) is 0 Å². The van der Waals surface area contributed by atoms with Crippen LogP contribution in [0.2, 0.25) is 0 Å². The van der Waals surface area contributed by atoms with Crippen molar-refractivity contribution in [2.24, 2.45) is 0 Å². The highest BCUT2D eigenvalue weighted by Gasteiger charge is 2.39. The molecule has 3 aliphatic rings. The summed E-state index contributed by atoms with van der Waals surface area (Å²) >= 11 is 0. The second-order valence-electron chi connectivity index (χ2n) is 6.68. The summed E-state index contributed by atoms with van der Waals surface area (Å²) in [4.78, 5) is 5.46. The van der Waals surface area contributed by atoms with Gasteiger partial charge in [0.1, 0.15) is 0 Å². The van der Waals surface area contributed by atoms with Gasteiger partial charge in [-0.05, 0) is 45.6 Å². The number of rotatable bonds is 3. The molecule has 3 unspecified atom stereocenters. The lowest BCUT2D eigenvalue weighted by Gasteiger charge is -2.46. The minimum absolute atomic E-state index is 0.133. The van der Waals surface area contributed by atoms with E-state index in [1.807, 2.05) is 0 Å². The van der Waals surface area contributed by atoms with Crippen LogP contribution in [0.5, 0.6) is 0 Å². The van der Waals surface area contributed by atoms with E-state index in [4.69, 9.17) is 4.74 Å². The van der Waals surface area contributed by atoms with Gasteiger partial charge in [0.05, 0.1) is 5.60 Å². The normalized spacial score (nSPS) is 42.3. The molecule has 0 N–H and O–H groups in total. The van der Waals surface area contributed by atoms with Crippen molar-refractivity contribution in [2.45, 2.75) is 63.6 Å². The summed E-state index contributed by atoms with van der Waals surface area (Å²) in [6, 6.07) is 1.58. The van der Waals surface area contributed by atoms with E-state index in [-0.39, 0.29) is 5.60 Å². The van der Waals surface area contributed by atoms with Crippen molar-refractivity contribution >= 4 is 0 Å². The molecule has 0 aliphatic carbocycles. The monoisotopic (exact) mass is 252 g/mol. The largest absolute Gasteiger partial charge is 0.374 e. The first kappa shape index (κ1) is 12.9. The van der Waals surface area contributed by atoms with Crippen molar-refractivity contribution in [3.05, 3.63) is 0 Å². The quantitative estimate of drug-likeness (QED) is 0.765. The van der Waals surface area contributed by atoms with Crippen molar-refractivity contribution in [2.75, 3.05) is 32.8 Å². The molecule has 3 heteroatoms. The van der Waals surface area contributed by atoms with Gasteiger partial charge < -0.3 is 4.74 Å². The van der Waals surface area contributed by atoms with Crippen molar-refractivity contribution in [3.63, 3.8) is 0 Å². The molecule has 0 bridgehead atoms. The van der Waals surface area contributed by atoms with Crippen molar-refractivity contribution in [1.29, 1.82) is 0 Å². The van der Waals surface area contributed by atoms with Crippen LogP contribution in [0.4, 0.5) is 0 Å². The highest BCUT2D eigenvalue weighted by Crippen LogP contribution is 2.31. The summed E-state index contributed by atoms with van der Waals surface area (Å²) < 4.78 is 5.99. The molecular weight excluding hydrogens is 224 g/mol. The first-order valence-corrected chi connectivity index (χ1v) is 7.82. The Balaban J connectivity index is 1.65. The summed E-state index contributed by atoms with van der Waals surface area (Å²) in [5, 5.41) is 0. The highest BCUT2D eigenvalue weighted by molar-refractivity contribution is 4.95. The van der Waals surface area contributed by atoms with Gasteiger partial charge in [0, 0.05) is 38.3 Å². The molecule has 18 heavy (non-hydrogen) atoms. The average Bonchev–Trinajstić information content (AvgIpc) is 2.96. The van der Waals surface area contributed by atoms with E-state index in [1.54, 1.807) is 0 Å². The fraction of sp³-hybridized carbons (Fsp3) is 1.00. The maximum atomic E-state index is 5.99. The molecule has 0 amide bonds. The fourth-order valence-corrected chi connectivity index (χ4v) is 4.12. The maximum Gasteiger partial charge on any atom is 0.0781 e. The van der Waals surface area contributed by atoms with Crippen LogP contribution in [0.3, 0.4) is 0 Å². The third kappa shape index (κ3) is 2.45. The Morgan fingerprint density at radius 3 is 2.89 bits per heavy atom. The van der Waals surface area contributed by atoms with Crippen LogP contribution in [0.1, 0.15) is 46.0 Å². The first-order chi connectivity index (χ1) is 8.70. The number of ether oxygens (including phenoxy) is 1. The van der Waals surface area contributed by atoms with Crippen LogP contribution >= 0.6 is 0 Å². The lowest BCUT2D eigenvalue weighted by Crippen LogP contribution is -2.58. The number of piperazine rings is 1. The summed E-state index contributed by atoms with van der Waals surface area (Å²) in [6.45, 7) is 10.7. The topological polar surface area (TPSA) is 15.7 Å². The zero-order valence-corrected chi connectivity index (χ0v) is 12.0. The molecule has 0 aromatic carbocycles. The Kier molecular flexibility index (Phi) is 3.65. The third-order valence-corrected chi connectivity index (χ3v) is 5.22. The standard InChI is InChI=1S/C15H28N2O/c1-3-13-10-16-8-4-6-14(16)11-17(13)12-15(2)7-5-9-18-15/h13-14H,3-12H2,1-2H3. The van der Waals surface area contributed by atoms with Crippen LogP contribution in [-0.2, 0) is 4.74 Å². The van der Waals surface area contributed by atoms with Crippen LogP contribution < -0.4 is 0 Å². The van der Waals surface area contributed by atoms with Gasteiger partial charge in [-0.1, -0.05) is 6.92 Å². The van der Waals surface area contributed by atoms with Gasteiger partial charge in [0.15, 0.2) is 0 Å². The average molecular weight is 252 g/mol. The lowest BCUT2D eigenvalue weighted by atomic mass is 9.98. The Labute approximate surface area is 111 Å². The Hall–Kier alpha value is -0.120. The number of hydrogen-bond donors (Lipinski definition) is 0. The van der Waals surface area contributed by atoms with E-state index < -0.39 is 0 Å². The lowest BCUT2D eigenvalue weighted by molar-refractivity contribution is -0.0433. The summed E-state index contributed by atoms with van der Waals surface area (Å²) in [5.74, 6) is 0. The zero-order chi connectivity index (χ0) is 12.6. The van der Waals surface area contributed by atoms with E-state index in [2.05, 4.69) is 23.6 Å². The van der Waals surface area contributed by atoms with Crippen molar-refractivity contribution in [1.82, 2.24) is 9.80 Å². The molecule has 0 spiro atoms. The Morgan fingerprint density at radius 2 is 2.17 bits per heavy atom. The van der Waals surface area contributed by atoms with Gasteiger partial charge in [-0.15, -0.1) is 0 Å². The predicted octanol–water partition coefficient (Wildman–Crippen LogP) is 2.11. The molecule has 0 aromatic rings. The number of hydrogen-bond acceptors (Lipinski definition) is 3. The minimum Gasteiger partial charge on any atom is -0.374 e. The fourth-order valence-electron chi connectivity index (χ4n) is 4.12. The molecule has 3 atom stereocenters. The van der Waals surface area contributed by atoms with E-state index >= 15 is 0 Å². The van der Waals surface area contributed by atoms with E-state index in [0.717, 1.165) is 25.2 Å². The maximum absolute atomic E-state index is 5.99. The van der Waals surface area contributed by atoms with Crippen molar-refractivity contribution < 1.29 is 4.74 Å². The minimum atomic E-state index is 0.133. The van der Waals surface area contributed by atoms with Crippen LogP contribution in [-0.4, -0.2) is 60.3 Å². The molecule has 3 aliphatic heterocycles. The van der Waals surface area contributed by atoms with Gasteiger partial charge >= 0.3 is 0 Å². The summed E-state index contributed by atoms with van der Waals surface area (Å²) in [7, 11) is 0. The number of fused-ring (bicyclic) bond motifs is 1. The second-order valence-corrected chi connectivity index (χ2v) is 6.68. The van der Waals surface area contributed by atoms with Crippen LogP contribution in [0.15, 0.2) is 0 Å². The second kappa shape index (κ2) is 5.10. The first-order valence-electron chi connectivity index (χ1n) is 7.82. The Bertz CT molecular complexity index is 288. The molecular formula is C15H28N2O. The summed E-state index contributed by atoms with van der Waals surface area (Å²) in [5.41, 5.74) is 0.133. The van der Waals surface area contributed by atoms with Crippen LogP contribution in [0.25, 0.3) is 0 Å². The van der Waals surface area contributed by atoms with Gasteiger partial charge in [-0.2, -0.15) is 0 Å². The third-order valence-electron chi connectivity index (χ3n) is 5.22. The SMILES string of the molecule is CCC1CN2CCCC2CN1CC1(C)CCCO1. The molecule has 3 nitrogen and oxygen atoms in total. The molecule has 0 saturated carbocycles.